The van der Waals surface area contributed by atoms with Gasteiger partial charge in [0, 0.05) is 22.4 Å². The van der Waals surface area contributed by atoms with Gasteiger partial charge in [-0.1, -0.05) is 30.7 Å². The van der Waals surface area contributed by atoms with Crippen LogP contribution < -0.4 is 5.56 Å². The van der Waals surface area contributed by atoms with Crippen molar-refractivity contribution in [3.8, 4) is 22.6 Å². The summed E-state index contributed by atoms with van der Waals surface area (Å²) in [6.07, 6.45) is 3.23. The molecule has 1 N–H and O–H groups in total. The molecule has 1 aromatic carbocycles. The molecule has 0 amide bonds. The van der Waals surface area contributed by atoms with Gasteiger partial charge in [0.2, 0.25) is 0 Å². The molecule has 0 atom stereocenters. The molecule has 4 aromatic rings. The first kappa shape index (κ1) is 16.1. The number of fused-ring (bicyclic) bond motifs is 1. The Kier molecular flexibility index (Phi) is 4.15. The van der Waals surface area contributed by atoms with Crippen LogP contribution in [0.15, 0.2) is 45.1 Å². The molecule has 0 aliphatic heterocycles. The first-order chi connectivity index (χ1) is 12.2. The van der Waals surface area contributed by atoms with Crippen molar-refractivity contribution in [3.05, 3.63) is 57.2 Å². The Balaban J connectivity index is 1.81. The van der Waals surface area contributed by atoms with E-state index in [2.05, 4.69) is 21.9 Å². The van der Waals surface area contributed by atoms with Gasteiger partial charge in [0.15, 0.2) is 11.7 Å². The molecule has 0 saturated carbocycles. The second-order valence-electron chi connectivity index (χ2n) is 5.63. The van der Waals surface area contributed by atoms with Crippen molar-refractivity contribution in [1.29, 1.82) is 0 Å². The van der Waals surface area contributed by atoms with E-state index in [0.717, 1.165) is 24.0 Å². The summed E-state index contributed by atoms with van der Waals surface area (Å²) < 4.78 is 5.41. The average molecular weight is 372 g/mol. The highest BCUT2D eigenvalue weighted by Gasteiger charge is 2.15. The van der Waals surface area contributed by atoms with Crippen molar-refractivity contribution in [2.24, 2.45) is 0 Å². The predicted octanol–water partition coefficient (Wildman–Crippen LogP) is 4.91. The minimum Gasteiger partial charge on any atom is -0.448 e. The lowest BCUT2D eigenvalue weighted by Gasteiger charge is -2.00. The average Bonchev–Trinajstić information content (AvgIpc) is 3.23. The van der Waals surface area contributed by atoms with Crippen molar-refractivity contribution >= 4 is 33.2 Å². The summed E-state index contributed by atoms with van der Waals surface area (Å²) in [5, 5.41) is 3.17. The van der Waals surface area contributed by atoms with E-state index in [1.165, 1.54) is 17.6 Å². The van der Waals surface area contributed by atoms with Gasteiger partial charge < -0.3 is 9.40 Å². The number of nitrogens with one attached hydrogen (secondary N) is 1. The number of thiophene rings is 1. The SMILES string of the molecule is CCCc1nc(-c2nc3scc(-c4ccc(Cl)cc4)c3c(=O)[nH]2)co1. The number of oxazole rings is 1. The van der Waals surface area contributed by atoms with E-state index in [1.54, 1.807) is 12.1 Å². The van der Waals surface area contributed by atoms with Crippen molar-refractivity contribution in [3.63, 3.8) is 0 Å². The lowest BCUT2D eigenvalue weighted by Crippen LogP contribution is -2.09. The zero-order valence-corrected chi connectivity index (χ0v) is 14.9. The molecule has 0 fully saturated rings. The number of rotatable bonds is 4. The first-order valence-corrected chi connectivity index (χ1v) is 9.13. The Morgan fingerprint density at radius 1 is 1.24 bits per heavy atom. The molecule has 0 bridgehead atoms. The molecule has 126 valence electrons. The second kappa shape index (κ2) is 6.46. The van der Waals surface area contributed by atoms with E-state index in [0.29, 0.717) is 32.6 Å². The van der Waals surface area contributed by atoms with Crippen LogP contribution in [0.25, 0.3) is 32.9 Å². The van der Waals surface area contributed by atoms with Gasteiger partial charge in [-0.2, -0.15) is 0 Å². The van der Waals surface area contributed by atoms with Crippen molar-refractivity contribution in [1.82, 2.24) is 15.0 Å². The molecule has 3 heterocycles. The summed E-state index contributed by atoms with van der Waals surface area (Å²) in [6, 6.07) is 7.40. The Morgan fingerprint density at radius 3 is 2.80 bits per heavy atom. The third kappa shape index (κ3) is 2.99. The number of hydrogen-bond donors (Lipinski definition) is 1. The molecule has 7 heteroatoms. The molecule has 0 aliphatic carbocycles. The fourth-order valence-electron chi connectivity index (χ4n) is 2.66. The van der Waals surface area contributed by atoms with Gasteiger partial charge >= 0.3 is 0 Å². The Hall–Kier alpha value is -2.44. The molecule has 0 radical (unpaired) electrons. The number of H-pyrrole nitrogens is 1. The van der Waals surface area contributed by atoms with E-state index in [1.807, 2.05) is 17.5 Å². The van der Waals surface area contributed by atoms with Crippen LogP contribution in [0.3, 0.4) is 0 Å². The van der Waals surface area contributed by atoms with Crippen molar-refractivity contribution in [2.75, 3.05) is 0 Å². The second-order valence-corrected chi connectivity index (χ2v) is 6.92. The van der Waals surface area contributed by atoms with Crippen LogP contribution in [0.1, 0.15) is 19.2 Å². The number of hydrogen-bond acceptors (Lipinski definition) is 5. The molecule has 3 aromatic heterocycles. The van der Waals surface area contributed by atoms with Gasteiger partial charge in [0.1, 0.15) is 16.8 Å². The molecular weight excluding hydrogens is 358 g/mol. The molecule has 0 aliphatic rings. The lowest BCUT2D eigenvalue weighted by molar-refractivity contribution is 0.491. The Morgan fingerprint density at radius 2 is 2.04 bits per heavy atom. The van der Waals surface area contributed by atoms with Crippen LogP contribution in [-0.2, 0) is 6.42 Å². The first-order valence-electron chi connectivity index (χ1n) is 7.88. The monoisotopic (exact) mass is 371 g/mol. The highest BCUT2D eigenvalue weighted by molar-refractivity contribution is 7.17. The number of aromatic amines is 1. The number of aromatic nitrogens is 3. The van der Waals surface area contributed by atoms with Gasteiger partial charge in [-0.3, -0.25) is 4.79 Å². The van der Waals surface area contributed by atoms with Crippen molar-refractivity contribution < 1.29 is 4.42 Å². The molecule has 25 heavy (non-hydrogen) atoms. The minimum atomic E-state index is -0.189. The summed E-state index contributed by atoms with van der Waals surface area (Å²) in [4.78, 5) is 25.1. The van der Waals surface area contributed by atoms with Crippen LogP contribution in [0.5, 0.6) is 0 Å². The van der Waals surface area contributed by atoms with Crippen LogP contribution >= 0.6 is 22.9 Å². The molecule has 0 saturated heterocycles. The maximum absolute atomic E-state index is 12.7. The zero-order valence-electron chi connectivity index (χ0n) is 13.4. The third-order valence-corrected chi connectivity index (χ3v) is 4.98. The number of aryl methyl sites for hydroxylation is 1. The van der Waals surface area contributed by atoms with E-state index in [9.17, 15) is 4.79 Å². The Bertz CT molecular complexity index is 1100. The number of nitrogens with zero attached hydrogens (tertiary/aromatic N) is 2. The van der Waals surface area contributed by atoms with Crippen LogP contribution in [0, 0.1) is 0 Å². The van der Waals surface area contributed by atoms with E-state index in [-0.39, 0.29) is 5.56 Å². The third-order valence-electron chi connectivity index (χ3n) is 3.86. The van der Waals surface area contributed by atoms with Gasteiger partial charge in [0.05, 0.1) is 5.39 Å². The van der Waals surface area contributed by atoms with E-state index >= 15 is 0 Å². The quantitative estimate of drug-likeness (QED) is 0.553. The fourth-order valence-corrected chi connectivity index (χ4v) is 3.73. The van der Waals surface area contributed by atoms with Crippen LogP contribution in [0.4, 0.5) is 0 Å². The minimum absolute atomic E-state index is 0.189. The van der Waals surface area contributed by atoms with E-state index < -0.39 is 0 Å². The highest BCUT2D eigenvalue weighted by Crippen LogP contribution is 2.32. The summed E-state index contributed by atoms with van der Waals surface area (Å²) in [6.45, 7) is 2.06. The smallest absolute Gasteiger partial charge is 0.260 e. The van der Waals surface area contributed by atoms with Crippen molar-refractivity contribution in [2.45, 2.75) is 19.8 Å². The van der Waals surface area contributed by atoms with Gasteiger partial charge in [0.25, 0.3) is 5.56 Å². The van der Waals surface area contributed by atoms with Crippen LogP contribution in [0.2, 0.25) is 5.02 Å². The predicted molar refractivity (Wildman–Crippen MR) is 100 cm³/mol. The number of benzene rings is 1. The Labute approximate surface area is 152 Å². The highest BCUT2D eigenvalue weighted by atomic mass is 35.5. The standard InChI is InChI=1S/C18H14ClN3O2S/c1-2-3-14-20-13(8-24-14)16-21-17(23)15-12(9-25-18(15)22-16)10-4-6-11(19)7-5-10/h4-9H,2-3H2,1H3,(H,21,22,23). The maximum Gasteiger partial charge on any atom is 0.260 e. The summed E-state index contributed by atoms with van der Waals surface area (Å²) in [7, 11) is 0. The van der Waals surface area contributed by atoms with E-state index in [4.69, 9.17) is 16.0 Å². The van der Waals surface area contributed by atoms with Gasteiger partial charge in [-0.25, -0.2) is 9.97 Å². The van der Waals surface area contributed by atoms with Crippen LogP contribution in [-0.4, -0.2) is 15.0 Å². The normalized spacial score (nSPS) is 11.3. The largest absolute Gasteiger partial charge is 0.448 e. The van der Waals surface area contributed by atoms with Gasteiger partial charge in [-0.05, 0) is 24.1 Å². The fraction of sp³-hybridized carbons (Fsp3) is 0.167. The molecule has 5 nitrogen and oxygen atoms in total. The maximum atomic E-state index is 12.7. The molecular formula is C18H14ClN3O2S. The zero-order chi connectivity index (χ0) is 17.4. The summed E-state index contributed by atoms with van der Waals surface area (Å²) >= 11 is 7.37. The number of halogens is 1. The topological polar surface area (TPSA) is 71.8 Å². The summed E-state index contributed by atoms with van der Waals surface area (Å²) in [5.41, 5.74) is 2.14. The lowest BCUT2D eigenvalue weighted by atomic mass is 10.1. The molecule has 4 rings (SSSR count). The molecule has 0 spiro atoms. The molecule has 0 unspecified atom stereocenters. The van der Waals surface area contributed by atoms with Gasteiger partial charge in [-0.15, -0.1) is 11.3 Å². The summed E-state index contributed by atoms with van der Waals surface area (Å²) in [5.74, 6) is 1.07.